The van der Waals surface area contributed by atoms with Crippen LogP contribution < -0.4 is 5.32 Å². The number of esters is 1. The maximum atomic E-state index is 11.7. The molecule has 0 fully saturated rings. The predicted molar refractivity (Wildman–Crippen MR) is 68.1 cm³/mol. The van der Waals surface area contributed by atoms with Crippen LogP contribution in [0.1, 0.15) is 24.5 Å². The molecule has 4 nitrogen and oxygen atoms in total. The molecule has 18 heavy (non-hydrogen) atoms. The van der Waals surface area contributed by atoms with Crippen molar-refractivity contribution in [2.45, 2.75) is 25.5 Å². The van der Waals surface area contributed by atoms with Crippen molar-refractivity contribution in [3.8, 4) is 0 Å². The molecule has 1 aromatic carbocycles. The number of likely N-dealkylation sites (N-methyl/N-ethyl adjacent to an activating group) is 1. The molecule has 0 spiro atoms. The Kier molecular flexibility index (Phi) is 3.99. The quantitative estimate of drug-likeness (QED) is 0.823. The van der Waals surface area contributed by atoms with E-state index in [0.717, 1.165) is 17.7 Å². The third kappa shape index (κ3) is 2.40. The minimum atomic E-state index is -0.462. The fourth-order valence-electron chi connectivity index (χ4n) is 2.54. The van der Waals surface area contributed by atoms with Gasteiger partial charge in [-0.15, -0.1) is 0 Å². The Hall–Kier alpha value is -1.39. The summed E-state index contributed by atoms with van der Waals surface area (Å²) in [5.74, 6) is -0.226. The second kappa shape index (κ2) is 5.50. The van der Waals surface area contributed by atoms with Gasteiger partial charge in [0.15, 0.2) is 0 Å². The summed E-state index contributed by atoms with van der Waals surface area (Å²) in [6.45, 7) is 3.89. The molecule has 2 rings (SSSR count). The van der Waals surface area contributed by atoms with Crippen molar-refractivity contribution < 1.29 is 14.3 Å². The summed E-state index contributed by atoms with van der Waals surface area (Å²) < 4.78 is 10.4. The Morgan fingerprint density at radius 1 is 1.50 bits per heavy atom. The zero-order chi connectivity index (χ0) is 13.0. The summed E-state index contributed by atoms with van der Waals surface area (Å²) in [7, 11) is 1.41. The highest BCUT2D eigenvalue weighted by atomic mass is 16.5. The van der Waals surface area contributed by atoms with Crippen molar-refractivity contribution in [3.63, 3.8) is 0 Å². The molecule has 0 aliphatic carbocycles. The average molecular weight is 249 g/mol. The van der Waals surface area contributed by atoms with E-state index < -0.39 is 5.54 Å². The van der Waals surface area contributed by atoms with Crippen LogP contribution in [-0.2, 0) is 26.4 Å². The largest absolute Gasteiger partial charge is 0.469 e. The normalized spacial score (nSPS) is 22.3. The van der Waals surface area contributed by atoms with E-state index in [1.807, 2.05) is 25.1 Å². The molecule has 1 aliphatic heterocycles. The minimum absolute atomic E-state index is 0.226. The van der Waals surface area contributed by atoms with Gasteiger partial charge in [0.05, 0.1) is 32.3 Å². The number of rotatable bonds is 4. The van der Waals surface area contributed by atoms with Gasteiger partial charge in [0.25, 0.3) is 0 Å². The Balaban J connectivity index is 2.38. The highest BCUT2D eigenvalue weighted by molar-refractivity contribution is 5.71. The zero-order valence-electron chi connectivity index (χ0n) is 10.9. The van der Waals surface area contributed by atoms with Crippen LogP contribution in [0.5, 0.6) is 0 Å². The lowest BCUT2D eigenvalue weighted by Crippen LogP contribution is -2.50. The molecule has 4 heteroatoms. The van der Waals surface area contributed by atoms with Crippen LogP contribution in [0.15, 0.2) is 24.3 Å². The topological polar surface area (TPSA) is 47.6 Å². The van der Waals surface area contributed by atoms with E-state index in [-0.39, 0.29) is 12.4 Å². The first-order chi connectivity index (χ1) is 8.72. The number of hydrogen-bond acceptors (Lipinski definition) is 4. The molecular weight excluding hydrogens is 230 g/mol. The molecule has 0 aromatic heterocycles. The highest BCUT2D eigenvalue weighted by Gasteiger charge is 2.38. The SMILES string of the molecule is CCNC1(CC(=O)OC)COCc2ccccc21. The van der Waals surface area contributed by atoms with Gasteiger partial charge in [0, 0.05) is 0 Å². The molecule has 98 valence electrons. The van der Waals surface area contributed by atoms with Crippen molar-refractivity contribution in [1.82, 2.24) is 5.32 Å². The van der Waals surface area contributed by atoms with Crippen molar-refractivity contribution >= 4 is 5.97 Å². The molecule has 1 atom stereocenters. The second-order valence-corrected chi connectivity index (χ2v) is 4.52. The van der Waals surface area contributed by atoms with Crippen molar-refractivity contribution in [1.29, 1.82) is 0 Å². The van der Waals surface area contributed by atoms with Crippen LogP contribution in [0.25, 0.3) is 0 Å². The summed E-state index contributed by atoms with van der Waals surface area (Å²) in [5, 5.41) is 3.39. The molecule has 1 heterocycles. The number of carbonyl (C=O) groups excluding carboxylic acids is 1. The summed E-state index contributed by atoms with van der Waals surface area (Å²) >= 11 is 0. The van der Waals surface area contributed by atoms with Crippen LogP contribution in [0, 0.1) is 0 Å². The molecule has 1 unspecified atom stereocenters. The van der Waals surface area contributed by atoms with Gasteiger partial charge in [-0.3, -0.25) is 4.79 Å². The number of fused-ring (bicyclic) bond motifs is 1. The number of ether oxygens (including phenoxy) is 2. The smallest absolute Gasteiger partial charge is 0.307 e. The minimum Gasteiger partial charge on any atom is -0.469 e. The van der Waals surface area contributed by atoms with E-state index in [2.05, 4.69) is 11.4 Å². The lowest BCUT2D eigenvalue weighted by molar-refractivity contribution is -0.143. The van der Waals surface area contributed by atoms with Crippen molar-refractivity contribution in [3.05, 3.63) is 35.4 Å². The highest BCUT2D eigenvalue weighted by Crippen LogP contribution is 2.33. The Morgan fingerprint density at radius 3 is 3.00 bits per heavy atom. The molecule has 1 aromatic rings. The van der Waals surface area contributed by atoms with Gasteiger partial charge in [-0.25, -0.2) is 0 Å². The number of nitrogens with one attached hydrogen (secondary N) is 1. The number of methoxy groups -OCH3 is 1. The molecule has 1 aliphatic rings. The van der Waals surface area contributed by atoms with Crippen LogP contribution in [0.2, 0.25) is 0 Å². The second-order valence-electron chi connectivity index (χ2n) is 4.52. The van der Waals surface area contributed by atoms with Crippen molar-refractivity contribution in [2.75, 3.05) is 20.3 Å². The van der Waals surface area contributed by atoms with E-state index >= 15 is 0 Å². The van der Waals surface area contributed by atoms with E-state index in [9.17, 15) is 4.79 Å². The van der Waals surface area contributed by atoms with E-state index in [0.29, 0.717) is 13.2 Å². The molecule has 0 radical (unpaired) electrons. The van der Waals surface area contributed by atoms with Crippen LogP contribution in [0.3, 0.4) is 0 Å². The first-order valence-corrected chi connectivity index (χ1v) is 6.20. The maximum Gasteiger partial charge on any atom is 0.307 e. The van der Waals surface area contributed by atoms with Gasteiger partial charge in [-0.1, -0.05) is 31.2 Å². The van der Waals surface area contributed by atoms with Gasteiger partial charge in [0.2, 0.25) is 0 Å². The number of carbonyl (C=O) groups is 1. The zero-order valence-corrected chi connectivity index (χ0v) is 10.9. The maximum absolute atomic E-state index is 11.7. The molecule has 0 saturated heterocycles. The first kappa shape index (κ1) is 13.1. The fraction of sp³-hybridized carbons (Fsp3) is 0.500. The Labute approximate surface area is 107 Å². The van der Waals surface area contributed by atoms with E-state index in [1.54, 1.807) is 0 Å². The molecule has 1 N–H and O–H groups in total. The number of benzene rings is 1. The standard InChI is InChI=1S/C14H19NO3/c1-3-15-14(8-13(16)17-2)10-18-9-11-6-4-5-7-12(11)14/h4-7,15H,3,8-10H2,1-2H3. The van der Waals surface area contributed by atoms with Gasteiger partial charge < -0.3 is 14.8 Å². The molecular formula is C14H19NO3. The predicted octanol–water partition coefficient (Wildman–Crippen LogP) is 1.58. The molecule has 0 amide bonds. The van der Waals surface area contributed by atoms with E-state index in [4.69, 9.17) is 9.47 Å². The lowest BCUT2D eigenvalue weighted by Gasteiger charge is -2.38. The van der Waals surface area contributed by atoms with E-state index in [1.165, 1.54) is 7.11 Å². The lowest BCUT2D eigenvalue weighted by atomic mass is 9.82. The van der Waals surface area contributed by atoms with Gasteiger partial charge >= 0.3 is 5.97 Å². The van der Waals surface area contributed by atoms with Gasteiger partial charge in [-0.2, -0.15) is 0 Å². The Morgan fingerprint density at radius 2 is 2.28 bits per heavy atom. The van der Waals surface area contributed by atoms with Crippen LogP contribution in [0.4, 0.5) is 0 Å². The fourth-order valence-corrected chi connectivity index (χ4v) is 2.54. The monoisotopic (exact) mass is 249 g/mol. The Bertz CT molecular complexity index is 433. The van der Waals surface area contributed by atoms with Gasteiger partial charge in [0.1, 0.15) is 0 Å². The van der Waals surface area contributed by atoms with Gasteiger partial charge in [-0.05, 0) is 17.7 Å². The third-order valence-electron chi connectivity index (χ3n) is 3.33. The summed E-state index contributed by atoms with van der Waals surface area (Å²) in [6, 6.07) is 8.08. The molecule has 0 saturated carbocycles. The summed E-state index contributed by atoms with van der Waals surface area (Å²) in [5.41, 5.74) is 1.81. The third-order valence-corrected chi connectivity index (χ3v) is 3.33. The van der Waals surface area contributed by atoms with Crippen LogP contribution in [-0.4, -0.2) is 26.2 Å². The summed E-state index contributed by atoms with van der Waals surface area (Å²) in [6.07, 6.45) is 0.286. The van der Waals surface area contributed by atoms with Crippen LogP contribution >= 0.6 is 0 Å². The van der Waals surface area contributed by atoms with Crippen molar-refractivity contribution in [2.24, 2.45) is 0 Å². The number of hydrogen-bond donors (Lipinski definition) is 1. The first-order valence-electron chi connectivity index (χ1n) is 6.20. The molecule has 0 bridgehead atoms. The average Bonchev–Trinajstić information content (AvgIpc) is 2.39. The summed E-state index contributed by atoms with van der Waals surface area (Å²) in [4.78, 5) is 11.7.